The minimum atomic E-state index is -0.781. The summed E-state index contributed by atoms with van der Waals surface area (Å²) in [5.41, 5.74) is 0.0313. The molecule has 1 saturated heterocycles. The molecule has 1 aliphatic rings. The zero-order valence-corrected chi connectivity index (χ0v) is 15.8. The number of ether oxygens (including phenoxy) is 2. The van der Waals surface area contributed by atoms with Crippen LogP contribution in [0.5, 0.6) is 0 Å². The first kappa shape index (κ1) is 20.3. The molecule has 1 aliphatic heterocycles. The van der Waals surface area contributed by atoms with Gasteiger partial charge in [-0.2, -0.15) is 0 Å². The van der Waals surface area contributed by atoms with Crippen LogP contribution in [0.4, 0.5) is 14.5 Å². The molecular weight excluding hydrogens is 388 g/mol. The summed E-state index contributed by atoms with van der Waals surface area (Å²) in [6, 6.07) is 9.63. The summed E-state index contributed by atoms with van der Waals surface area (Å²) < 4.78 is 37.3. The Hall–Kier alpha value is -2.45. The van der Waals surface area contributed by atoms with E-state index in [9.17, 15) is 18.4 Å². The number of halogens is 2. The predicted molar refractivity (Wildman–Crippen MR) is 101 cm³/mol. The minimum absolute atomic E-state index is 0.168. The van der Waals surface area contributed by atoms with Gasteiger partial charge in [-0.15, -0.1) is 11.8 Å². The molecule has 0 unspecified atom stereocenters. The molecule has 3 rings (SSSR count). The van der Waals surface area contributed by atoms with Gasteiger partial charge >= 0.3 is 5.97 Å². The average Bonchev–Trinajstić information content (AvgIpc) is 3.21. The van der Waals surface area contributed by atoms with Crippen LogP contribution in [-0.4, -0.2) is 36.9 Å². The second-order valence-electron chi connectivity index (χ2n) is 6.19. The Bertz CT molecular complexity index is 856. The van der Waals surface area contributed by atoms with Crippen molar-refractivity contribution < 1.29 is 27.8 Å². The largest absolute Gasteiger partial charge is 0.452 e. The molecule has 148 valence electrons. The summed E-state index contributed by atoms with van der Waals surface area (Å²) in [6.07, 6.45) is 2.20. The lowest BCUT2D eigenvalue weighted by Crippen LogP contribution is -2.21. The van der Waals surface area contributed by atoms with Crippen molar-refractivity contribution >= 4 is 29.3 Å². The molecule has 2 aromatic carbocycles. The van der Waals surface area contributed by atoms with E-state index in [4.69, 9.17) is 9.47 Å². The van der Waals surface area contributed by atoms with E-state index in [-0.39, 0.29) is 11.8 Å². The molecule has 2 aromatic rings. The smallest absolute Gasteiger partial charge is 0.339 e. The topological polar surface area (TPSA) is 64.6 Å². The van der Waals surface area contributed by atoms with Gasteiger partial charge in [0.15, 0.2) is 6.61 Å². The third-order valence-corrected chi connectivity index (χ3v) is 5.30. The van der Waals surface area contributed by atoms with Gasteiger partial charge in [0.2, 0.25) is 0 Å². The van der Waals surface area contributed by atoms with Crippen molar-refractivity contribution in [1.82, 2.24) is 0 Å². The standard InChI is InChI=1S/C20H19F2NO4S/c21-13-7-8-16(22)17(10-13)23-19(24)11-27-20(25)15-5-1-2-6-18(15)28-12-14-4-3-9-26-14/h1-2,5-8,10,14H,3-4,9,11-12H2,(H,23,24)/t14-/m1/s1. The molecular formula is C20H19F2NO4S. The maximum Gasteiger partial charge on any atom is 0.339 e. The Morgan fingerprint density at radius 2 is 2.04 bits per heavy atom. The average molecular weight is 407 g/mol. The molecule has 1 N–H and O–H groups in total. The number of hydrogen-bond acceptors (Lipinski definition) is 5. The maximum atomic E-state index is 13.6. The normalized spacial score (nSPS) is 16.0. The molecule has 0 saturated carbocycles. The van der Waals surface area contributed by atoms with Gasteiger partial charge < -0.3 is 14.8 Å². The molecule has 0 aliphatic carbocycles. The molecule has 28 heavy (non-hydrogen) atoms. The van der Waals surface area contributed by atoms with Crippen molar-refractivity contribution in [2.24, 2.45) is 0 Å². The summed E-state index contributed by atoms with van der Waals surface area (Å²) in [5, 5.41) is 2.18. The van der Waals surface area contributed by atoms with Crippen LogP contribution in [-0.2, 0) is 14.3 Å². The number of thioether (sulfide) groups is 1. The van der Waals surface area contributed by atoms with Gasteiger partial charge in [0.05, 0.1) is 17.4 Å². The van der Waals surface area contributed by atoms with Crippen molar-refractivity contribution in [2.75, 3.05) is 24.3 Å². The van der Waals surface area contributed by atoms with E-state index in [2.05, 4.69) is 5.32 Å². The highest BCUT2D eigenvalue weighted by molar-refractivity contribution is 7.99. The van der Waals surface area contributed by atoms with Crippen LogP contribution < -0.4 is 5.32 Å². The summed E-state index contributed by atoms with van der Waals surface area (Å²) in [7, 11) is 0. The molecule has 0 radical (unpaired) electrons. The fraction of sp³-hybridized carbons (Fsp3) is 0.300. The summed E-state index contributed by atoms with van der Waals surface area (Å²) in [6.45, 7) is 0.148. The monoisotopic (exact) mass is 407 g/mol. The number of nitrogens with one attached hydrogen (secondary N) is 1. The van der Waals surface area contributed by atoms with Crippen LogP contribution in [0, 0.1) is 11.6 Å². The zero-order chi connectivity index (χ0) is 19.9. The van der Waals surface area contributed by atoms with Crippen molar-refractivity contribution in [2.45, 2.75) is 23.8 Å². The van der Waals surface area contributed by atoms with E-state index >= 15 is 0 Å². The fourth-order valence-corrected chi connectivity index (χ4v) is 3.82. The number of carbonyl (C=O) groups is 2. The lowest BCUT2D eigenvalue weighted by atomic mass is 10.2. The number of benzene rings is 2. The summed E-state index contributed by atoms with van der Waals surface area (Å²) in [4.78, 5) is 25.0. The molecule has 1 amide bonds. The van der Waals surface area contributed by atoms with Crippen LogP contribution in [0.3, 0.4) is 0 Å². The van der Waals surface area contributed by atoms with E-state index in [0.717, 1.165) is 48.3 Å². The number of carbonyl (C=O) groups excluding carboxylic acids is 2. The van der Waals surface area contributed by atoms with Gasteiger partial charge in [-0.05, 0) is 37.1 Å². The van der Waals surface area contributed by atoms with Gasteiger partial charge in [0.25, 0.3) is 5.91 Å². The third kappa shape index (κ3) is 5.53. The Morgan fingerprint density at radius 1 is 1.21 bits per heavy atom. The SMILES string of the molecule is O=C(COC(=O)c1ccccc1SC[C@H]1CCCO1)Nc1cc(F)ccc1F. The van der Waals surface area contributed by atoms with Crippen molar-refractivity contribution in [3.63, 3.8) is 0 Å². The van der Waals surface area contributed by atoms with Gasteiger partial charge in [-0.1, -0.05) is 12.1 Å². The van der Waals surface area contributed by atoms with E-state index in [1.807, 2.05) is 6.07 Å². The zero-order valence-electron chi connectivity index (χ0n) is 15.0. The van der Waals surface area contributed by atoms with E-state index < -0.39 is 30.1 Å². The van der Waals surface area contributed by atoms with Gasteiger partial charge in [0.1, 0.15) is 11.6 Å². The lowest BCUT2D eigenvalue weighted by molar-refractivity contribution is -0.119. The highest BCUT2D eigenvalue weighted by Gasteiger charge is 2.19. The number of anilines is 1. The molecule has 8 heteroatoms. The van der Waals surface area contributed by atoms with Crippen LogP contribution in [0.2, 0.25) is 0 Å². The van der Waals surface area contributed by atoms with E-state index in [1.165, 1.54) is 11.8 Å². The number of esters is 1. The minimum Gasteiger partial charge on any atom is -0.452 e. The molecule has 1 fully saturated rings. The molecule has 1 heterocycles. The fourth-order valence-electron chi connectivity index (χ4n) is 2.71. The Kier molecular flexibility index (Phi) is 7.00. The molecule has 0 aromatic heterocycles. The number of amides is 1. The van der Waals surface area contributed by atoms with Crippen molar-refractivity contribution in [3.05, 3.63) is 59.7 Å². The van der Waals surface area contributed by atoms with E-state index in [0.29, 0.717) is 5.56 Å². The summed E-state index contributed by atoms with van der Waals surface area (Å²) in [5.74, 6) is -2.17. The predicted octanol–water partition coefficient (Wildman–Crippen LogP) is 4.03. The Balaban J connectivity index is 1.55. The first-order valence-corrected chi connectivity index (χ1v) is 9.77. The van der Waals surface area contributed by atoms with Crippen LogP contribution in [0.15, 0.2) is 47.4 Å². The lowest BCUT2D eigenvalue weighted by Gasteiger charge is -2.12. The van der Waals surface area contributed by atoms with Crippen LogP contribution >= 0.6 is 11.8 Å². The number of hydrogen-bond donors (Lipinski definition) is 1. The quantitative estimate of drug-likeness (QED) is 0.555. The Morgan fingerprint density at radius 3 is 2.82 bits per heavy atom. The van der Waals surface area contributed by atoms with Crippen molar-refractivity contribution in [3.8, 4) is 0 Å². The second-order valence-corrected chi connectivity index (χ2v) is 7.25. The van der Waals surface area contributed by atoms with Gasteiger partial charge in [-0.3, -0.25) is 4.79 Å². The van der Waals surface area contributed by atoms with Crippen LogP contribution in [0.1, 0.15) is 23.2 Å². The summed E-state index contributed by atoms with van der Waals surface area (Å²) >= 11 is 1.50. The highest BCUT2D eigenvalue weighted by Crippen LogP contribution is 2.27. The molecule has 0 bridgehead atoms. The first-order valence-electron chi connectivity index (χ1n) is 8.78. The van der Waals surface area contributed by atoms with Crippen molar-refractivity contribution in [1.29, 1.82) is 0 Å². The maximum absolute atomic E-state index is 13.6. The molecule has 5 nitrogen and oxygen atoms in total. The highest BCUT2D eigenvalue weighted by atomic mass is 32.2. The van der Waals surface area contributed by atoms with Gasteiger partial charge in [-0.25, -0.2) is 13.6 Å². The second kappa shape index (κ2) is 9.66. The Labute approximate surface area is 165 Å². The first-order chi connectivity index (χ1) is 13.5. The number of rotatable bonds is 7. The van der Waals surface area contributed by atoms with Gasteiger partial charge in [0, 0.05) is 23.3 Å². The molecule has 1 atom stereocenters. The molecule has 0 spiro atoms. The van der Waals surface area contributed by atoms with Crippen LogP contribution in [0.25, 0.3) is 0 Å². The third-order valence-electron chi connectivity index (χ3n) is 4.09. The van der Waals surface area contributed by atoms with E-state index in [1.54, 1.807) is 18.2 Å².